The summed E-state index contributed by atoms with van der Waals surface area (Å²) in [5.41, 5.74) is 0.725. The highest BCUT2D eigenvalue weighted by Gasteiger charge is 2.27. The Morgan fingerprint density at radius 2 is 1.71 bits per heavy atom. The quantitative estimate of drug-likeness (QED) is 0.0969. The number of ether oxygens (including phenoxy) is 3. The van der Waals surface area contributed by atoms with E-state index in [1.807, 2.05) is 0 Å². The van der Waals surface area contributed by atoms with Gasteiger partial charge in [-0.1, -0.05) is 59.6 Å². The number of hydrogen-bond donors (Lipinski definition) is 1. The highest BCUT2D eigenvalue weighted by atomic mass is 35.5. The Hall–Kier alpha value is -3.96. The van der Waals surface area contributed by atoms with Gasteiger partial charge in [-0.15, -0.1) is 0 Å². The summed E-state index contributed by atoms with van der Waals surface area (Å²) in [5, 5.41) is 13.9. The number of carbonyl (C=O) groups is 3. The van der Waals surface area contributed by atoms with E-state index in [4.69, 9.17) is 32.7 Å². The minimum Gasteiger partial charge on any atom is -0.619 e. The number of carbonyl (C=O) groups excluding carboxylic acids is 3. The zero-order chi connectivity index (χ0) is 29.5. The van der Waals surface area contributed by atoms with Gasteiger partial charge in [-0.3, -0.25) is 14.4 Å². The number of nitrogens with one attached hydrogen (secondary N) is 1. The molecule has 9 nitrogen and oxygen atoms in total. The Morgan fingerprint density at radius 3 is 2.34 bits per heavy atom. The molecule has 0 radical (unpaired) electrons. The number of hydrogen-bond acceptors (Lipinski definition) is 7. The molecule has 1 fully saturated rings. The van der Waals surface area contributed by atoms with Gasteiger partial charge >= 0.3 is 12.6 Å². The van der Waals surface area contributed by atoms with Gasteiger partial charge in [0.15, 0.2) is 23.9 Å². The van der Waals surface area contributed by atoms with Gasteiger partial charge in [0.25, 0.3) is 5.91 Å². The molecular weight excluding hydrogens is 585 g/mol. The zero-order valence-corrected chi connectivity index (χ0v) is 22.9. The average molecular weight is 609 g/mol. The van der Waals surface area contributed by atoms with E-state index in [0.717, 1.165) is 25.2 Å². The summed E-state index contributed by atoms with van der Waals surface area (Å²) < 4.78 is 42.4. The molecule has 1 aromatic heterocycles. The molecule has 0 spiro atoms. The summed E-state index contributed by atoms with van der Waals surface area (Å²) in [6.45, 7) is -3.46. The molecule has 1 N–H and O–H groups in total. The smallest absolute Gasteiger partial charge is 0.387 e. The highest BCUT2D eigenvalue weighted by molar-refractivity contribution is 6.43. The van der Waals surface area contributed by atoms with Crippen molar-refractivity contribution in [2.24, 2.45) is 5.92 Å². The van der Waals surface area contributed by atoms with Crippen LogP contribution in [0.2, 0.25) is 10.0 Å². The number of pyridine rings is 1. The number of rotatable bonds is 13. The van der Waals surface area contributed by atoms with Crippen LogP contribution in [0, 0.1) is 11.1 Å². The Kier molecular flexibility index (Phi) is 9.95. The van der Waals surface area contributed by atoms with Crippen molar-refractivity contribution in [1.29, 1.82) is 0 Å². The Balaban J connectivity index is 1.56. The lowest BCUT2D eigenvalue weighted by Gasteiger charge is -2.21. The van der Waals surface area contributed by atoms with Crippen LogP contribution in [0.25, 0.3) is 0 Å². The molecule has 0 unspecified atom stereocenters. The van der Waals surface area contributed by atoms with Crippen molar-refractivity contribution in [1.82, 2.24) is 5.32 Å². The van der Waals surface area contributed by atoms with E-state index in [1.54, 1.807) is 18.2 Å². The Morgan fingerprint density at radius 1 is 1.02 bits per heavy atom. The van der Waals surface area contributed by atoms with E-state index in [9.17, 15) is 28.4 Å². The van der Waals surface area contributed by atoms with Gasteiger partial charge in [0, 0.05) is 17.5 Å². The maximum atomic E-state index is 13.0. The van der Waals surface area contributed by atoms with Gasteiger partial charge in [0.1, 0.15) is 22.7 Å². The number of Topliss-reactive ketones (excluding diaryl/α,β-unsaturated/α-hetero) is 1. The molecule has 13 heteroatoms. The predicted molar refractivity (Wildman–Crippen MR) is 143 cm³/mol. The standard InChI is InChI=1S/C28H24Cl2F2N2O7/c29-20-13-34(38)14-21(30)19(20)11-23(40-25(35)12-33-27(37)26(36)17-4-2-1-3-5-17)18-8-9-22(41-28(31)32)24(10-18)39-15-16-6-7-16/h1-5,8-10,13-14,16,23,28H,6-7,11-12,15H2,(H,33,37)/t23-/m0/s1. The largest absolute Gasteiger partial charge is 0.619 e. The van der Waals surface area contributed by atoms with Gasteiger partial charge in [0.2, 0.25) is 5.78 Å². The van der Waals surface area contributed by atoms with Crippen molar-refractivity contribution in [2.45, 2.75) is 32.0 Å². The molecule has 4 rings (SSSR count). The molecule has 1 saturated carbocycles. The van der Waals surface area contributed by atoms with Gasteiger partial charge in [-0.05, 0) is 36.5 Å². The number of alkyl halides is 2. The van der Waals surface area contributed by atoms with E-state index < -0.39 is 36.9 Å². The van der Waals surface area contributed by atoms with Crippen LogP contribution in [0.15, 0.2) is 60.9 Å². The average Bonchev–Trinajstić information content (AvgIpc) is 3.77. The minimum atomic E-state index is -3.10. The second-order valence-corrected chi connectivity index (χ2v) is 10.0. The molecule has 1 amide bonds. The number of amides is 1. The number of aromatic nitrogens is 1. The summed E-state index contributed by atoms with van der Waals surface area (Å²) in [4.78, 5) is 37.4. The zero-order valence-electron chi connectivity index (χ0n) is 21.4. The van der Waals surface area contributed by atoms with Crippen LogP contribution >= 0.6 is 23.2 Å². The van der Waals surface area contributed by atoms with Gasteiger partial charge in [-0.2, -0.15) is 13.5 Å². The lowest BCUT2D eigenvalue weighted by Crippen LogP contribution is -2.36. The van der Waals surface area contributed by atoms with Crippen LogP contribution in [-0.4, -0.2) is 37.4 Å². The van der Waals surface area contributed by atoms with Gasteiger partial charge in [0.05, 0.1) is 6.61 Å². The van der Waals surface area contributed by atoms with E-state index in [1.165, 1.54) is 30.3 Å². The number of ketones is 1. The van der Waals surface area contributed by atoms with Gasteiger partial charge < -0.3 is 24.7 Å². The SMILES string of the molecule is O=C(CNC(=O)C(=O)c1ccccc1)O[C@@H](Cc1c(Cl)c[n+]([O-])cc1Cl)c1ccc(OC(F)F)c(OCC2CC2)c1. The number of benzene rings is 2. The van der Waals surface area contributed by atoms with Crippen molar-refractivity contribution in [3.8, 4) is 11.5 Å². The minimum absolute atomic E-state index is 0.00169. The molecule has 1 aliphatic rings. The molecule has 0 aliphatic heterocycles. The molecule has 3 aromatic rings. The van der Waals surface area contributed by atoms with Gasteiger partial charge in [-0.25, -0.2) is 0 Å². The third-order valence-electron chi connectivity index (χ3n) is 6.08. The number of halogens is 4. The van der Waals surface area contributed by atoms with Crippen LogP contribution in [0.5, 0.6) is 11.5 Å². The van der Waals surface area contributed by atoms with E-state index in [0.29, 0.717) is 16.2 Å². The fourth-order valence-corrected chi connectivity index (χ4v) is 4.41. The molecule has 41 heavy (non-hydrogen) atoms. The summed E-state index contributed by atoms with van der Waals surface area (Å²) in [7, 11) is 0. The van der Waals surface area contributed by atoms with E-state index >= 15 is 0 Å². The summed E-state index contributed by atoms with van der Waals surface area (Å²) in [6, 6.07) is 11.8. The summed E-state index contributed by atoms with van der Waals surface area (Å²) in [5.74, 6) is -2.65. The van der Waals surface area contributed by atoms with Crippen molar-refractivity contribution in [3.05, 3.63) is 92.9 Å². The third-order valence-corrected chi connectivity index (χ3v) is 6.73. The van der Waals surface area contributed by atoms with Crippen molar-refractivity contribution < 1.29 is 42.1 Å². The molecule has 1 aliphatic carbocycles. The molecule has 216 valence electrons. The second kappa shape index (κ2) is 13.6. The lowest BCUT2D eigenvalue weighted by molar-refractivity contribution is -0.605. The van der Waals surface area contributed by atoms with Crippen LogP contribution < -0.4 is 19.5 Å². The van der Waals surface area contributed by atoms with Crippen LogP contribution in [0.1, 0.15) is 40.4 Å². The van der Waals surface area contributed by atoms with Crippen molar-refractivity contribution in [2.75, 3.05) is 13.2 Å². The summed E-state index contributed by atoms with van der Waals surface area (Å²) >= 11 is 12.5. The highest BCUT2D eigenvalue weighted by Crippen LogP contribution is 2.37. The van der Waals surface area contributed by atoms with Crippen molar-refractivity contribution >= 4 is 40.9 Å². The fraction of sp³-hybridized carbons (Fsp3) is 0.286. The van der Waals surface area contributed by atoms with Crippen molar-refractivity contribution in [3.63, 3.8) is 0 Å². The maximum absolute atomic E-state index is 13.0. The number of nitrogens with zero attached hydrogens (tertiary/aromatic N) is 1. The predicted octanol–water partition coefficient (Wildman–Crippen LogP) is 4.84. The molecule has 1 atom stereocenters. The third kappa shape index (κ3) is 8.51. The first-order valence-electron chi connectivity index (χ1n) is 12.5. The van der Waals surface area contributed by atoms with Crippen LogP contribution in [-0.2, 0) is 20.7 Å². The molecule has 2 aromatic carbocycles. The normalized spacial score (nSPS) is 13.4. The summed E-state index contributed by atoms with van der Waals surface area (Å²) in [6.07, 6.45) is 2.80. The monoisotopic (exact) mass is 608 g/mol. The number of esters is 1. The fourth-order valence-electron chi connectivity index (χ4n) is 3.82. The Bertz CT molecular complexity index is 1400. The second-order valence-electron chi connectivity index (χ2n) is 9.19. The molecule has 0 bridgehead atoms. The topological polar surface area (TPSA) is 118 Å². The maximum Gasteiger partial charge on any atom is 0.387 e. The van der Waals surface area contributed by atoms with Crippen LogP contribution in [0.4, 0.5) is 8.78 Å². The van der Waals surface area contributed by atoms with E-state index in [-0.39, 0.29) is 45.7 Å². The Labute approximate surface area is 243 Å². The molecular formula is C28H24Cl2F2N2O7. The lowest BCUT2D eigenvalue weighted by atomic mass is 10.0. The molecule has 0 saturated heterocycles. The van der Waals surface area contributed by atoms with Crippen LogP contribution in [0.3, 0.4) is 0 Å². The first-order chi connectivity index (χ1) is 19.6. The first-order valence-corrected chi connectivity index (χ1v) is 13.2. The first kappa shape index (κ1) is 30.0. The van der Waals surface area contributed by atoms with E-state index in [2.05, 4.69) is 10.1 Å². The molecule has 1 heterocycles.